The minimum atomic E-state index is -0.555. The van der Waals surface area contributed by atoms with Gasteiger partial charge < -0.3 is 10.1 Å². The first-order valence-corrected chi connectivity index (χ1v) is 7.03. The second kappa shape index (κ2) is 7.16. The molecule has 0 aliphatic carbocycles. The van der Waals surface area contributed by atoms with Crippen LogP contribution in [0, 0.1) is 6.92 Å². The molecule has 3 nitrogen and oxygen atoms in total. The average molecular weight is 283 g/mol. The maximum atomic E-state index is 12.7. The smallest absolute Gasteiger partial charge is 0.193 e. The summed E-state index contributed by atoms with van der Waals surface area (Å²) in [6, 6.07) is 17.3. The highest BCUT2D eigenvalue weighted by Crippen LogP contribution is 2.22. The lowest BCUT2D eigenvalue weighted by atomic mass is 9.94. The van der Waals surface area contributed by atoms with E-state index in [4.69, 9.17) is 4.74 Å². The van der Waals surface area contributed by atoms with E-state index >= 15 is 0 Å². The molecule has 0 saturated carbocycles. The van der Waals surface area contributed by atoms with Gasteiger partial charge in [-0.25, -0.2) is 0 Å². The molecule has 2 unspecified atom stereocenters. The molecule has 0 saturated heterocycles. The first-order chi connectivity index (χ1) is 10.2. The molecule has 1 N–H and O–H groups in total. The summed E-state index contributed by atoms with van der Waals surface area (Å²) >= 11 is 0. The maximum absolute atomic E-state index is 12.7. The van der Waals surface area contributed by atoms with Crippen molar-refractivity contribution in [3.05, 3.63) is 71.3 Å². The van der Waals surface area contributed by atoms with Gasteiger partial charge in [-0.1, -0.05) is 60.2 Å². The summed E-state index contributed by atoms with van der Waals surface area (Å²) in [7, 11) is 3.41. The summed E-state index contributed by atoms with van der Waals surface area (Å²) in [5, 5.41) is 3.19. The van der Waals surface area contributed by atoms with Crippen LogP contribution in [-0.4, -0.2) is 26.0 Å². The Kier molecular flexibility index (Phi) is 5.26. The molecule has 0 bridgehead atoms. The SMILES string of the molecule is CNC(c1ccccc1)C(OC)C(=O)c1ccc(C)cc1. The van der Waals surface area contributed by atoms with Crippen molar-refractivity contribution < 1.29 is 9.53 Å². The van der Waals surface area contributed by atoms with Crippen LogP contribution in [-0.2, 0) is 4.74 Å². The summed E-state index contributed by atoms with van der Waals surface area (Å²) in [5.74, 6) is -0.0132. The Hall–Kier alpha value is -1.97. The molecule has 3 heteroatoms. The lowest BCUT2D eigenvalue weighted by Gasteiger charge is -2.25. The topological polar surface area (TPSA) is 38.3 Å². The fourth-order valence-corrected chi connectivity index (χ4v) is 2.43. The van der Waals surface area contributed by atoms with Gasteiger partial charge in [0.25, 0.3) is 0 Å². The fourth-order valence-electron chi connectivity index (χ4n) is 2.43. The van der Waals surface area contributed by atoms with Crippen LogP contribution in [0.4, 0.5) is 0 Å². The molecule has 0 radical (unpaired) electrons. The predicted molar refractivity (Wildman–Crippen MR) is 84.5 cm³/mol. The molecule has 0 fully saturated rings. The lowest BCUT2D eigenvalue weighted by Crippen LogP contribution is -2.37. The van der Waals surface area contributed by atoms with Gasteiger partial charge in [0.1, 0.15) is 6.10 Å². The van der Waals surface area contributed by atoms with Crippen molar-refractivity contribution in [2.24, 2.45) is 0 Å². The number of ether oxygens (including phenoxy) is 1. The molecular formula is C18H21NO2. The molecule has 0 aromatic heterocycles. The number of likely N-dealkylation sites (N-methyl/N-ethyl adjacent to an activating group) is 1. The van der Waals surface area contributed by atoms with Crippen molar-refractivity contribution in [3.63, 3.8) is 0 Å². The lowest BCUT2D eigenvalue weighted by molar-refractivity contribution is 0.0484. The number of hydrogen-bond acceptors (Lipinski definition) is 3. The van der Waals surface area contributed by atoms with E-state index in [1.807, 2.05) is 68.6 Å². The zero-order chi connectivity index (χ0) is 15.2. The fraction of sp³-hybridized carbons (Fsp3) is 0.278. The molecule has 0 spiro atoms. The normalized spacial score (nSPS) is 13.7. The Morgan fingerprint density at radius 2 is 1.67 bits per heavy atom. The first kappa shape index (κ1) is 15.4. The van der Waals surface area contributed by atoms with Gasteiger partial charge in [-0.2, -0.15) is 0 Å². The Labute approximate surface area is 126 Å². The third kappa shape index (κ3) is 3.57. The van der Waals surface area contributed by atoms with Gasteiger partial charge >= 0.3 is 0 Å². The predicted octanol–water partition coefficient (Wildman–Crippen LogP) is 3.15. The summed E-state index contributed by atoms with van der Waals surface area (Å²) in [4.78, 5) is 12.7. The zero-order valence-electron chi connectivity index (χ0n) is 12.7. The van der Waals surface area contributed by atoms with Gasteiger partial charge in [0.15, 0.2) is 5.78 Å². The van der Waals surface area contributed by atoms with Gasteiger partial charge in [0.2, 0.25) is 0 Å². The van der Waals surface area contributed by atoms with Gasteiger partial charge in [0.05, 0.1) is 6.04 Å². The molecule has 0 aliphatic heterocycles. The highest BCUT2D eigenvalue weighted by atomic mass is 16.5. The Bertz CT molecular complexity index is 578. The van der Waals surface area contributed by atoms with Crippen LogP contribution in [0.2, 0.25) is 0 Å². The molecular weight excluding hydrogens is 262 g/mol. The van der Waals surface area contributed by atoms with Crippen LogP contribution in [0.15, 0.2) is 54.6 Å². The highest BCUT2D eigenvalue weighted by Gasteiger charge is 2.29. The average Bonchev–Trinajstić information content (AvgIpc) is 2.53. The molecule has 110 valence electrons. The number of methoxy groups -OCH3 is 1. The minimum Gasteiger partial charge on any atom is -0.371 e. The standard InChI is InChI=1S/C18H21NO2/c1-13-9-11-15(12-10-13)17(20)18(21-3)16(19-2)14-7-5-4-6-8-14/h4-12,16,18-19H,1-3H3. The molecule has 0 heterocycles. The second-order valence-corrected chi connectivity index (χ2v) is 5.06. The van der Waals surface area contributed by atoms with Crippen molar-refractivity contribution >= 4 is 5.78 Å². The van der Waals surface area contributed by atoms with Crippen LogP contribution >= 0.6 is 0 Å². The van der Waals surface area contributed by atoms with E-state index in [9.17, 15) is 4.79 Å². The number of ketones is 1. The van der Waals surface area contributed by atoms with Crippen molar-refractivity contribution in [2.45, 2.75) is 19.1 Å². The van der Waals surface area contributed by atoms with E-state index in [0.29, 0.717) is 5.56 Å². The second-order valence-electron chi connectivity index (χ2n) is 5.06. The maximum Gasteiger partial charge on any atom is 0.193 e. The monoisotopic (exact) mass is 283 g/mol. The number of Topliss-reactive ketones (excluding diaryl/α,β-unsaturated/α-hetero) is 1. The molecule has 2 aromatic rings. The molecule has 2 aromatic carbocycles. The molecule has 2 rings (SSSR count). The highest BCUT2D eigenvalue weighted by molar-refractivity contribution is 6.00. The quantitative estimate of drug-likeness (QED) is 0.828. The number of hydrogen-bond donors (Lipinski definition) is 1. The zero-order valence-corrected chi connectivity index (χ0v) is 12.7. The first-order valence-electron chi connectivity index (χ1n) is 7.03. The van der Waals surface area contributed by atoms with Crippen molar-refractivity contribution in [2.75, 3.05) is 14.2 Å². The van der Waals surface area contributed by atoms with Gasteiger partial charge in [0, 0.05) is 12.7 Å². The van der Waals surface area contributed by atoms with Crippen LogP contribution in [0.3, 0.4) is 0 Å². The number of carbonyl (C=O) groups excluding carboxylic acids is 1. The van der Waals surface area contributed by atoms with E-state index in [0.717, 1.165) is 11.1 Å². The van der Waals surface area contributed by atoms with Gasteiger partial charge in [-0.05, 0) is 19.5 Å². The number of aryl methyl sites for hydroxylation is 1. The summed E-state index contributed by atoms with van der Waals surface area (Å²) in [6.45, 7) is 2.00. The number of rotatable bonds is 6. The summed E-state index contributed by atoms with van der Waals surface area (Å²) in [5.41, 5.74) is 2.84. The van der Waals surface area contributed by atoms with E-state index in [1.165, 1.54) is 0 Å². The van der Waals surface area contributed by atoms with E-state index in [1.54, 1.807) is 7.11 Å². The number of carbonyl (C=O) groups is 1. The van der Waals surface area contributed by atoms with Crippen LogP contribution < -0.4 is 5.32 Å². The molecule has 0 amide bonds. The molecule has 21 heavy (non-hydrogen) atoms. The van der Waals surface area contributed by atoms with Crippen LogP contribution in [0.1, 0.15) is 27.5 Å². The Balaban J connectivity index is 2.29. The van der Waals surface area contributed by atoms with Crippen molar-refractivity contribution in [3.8, 4) is 0 Å². The van der Waals surface area contributed by atoms with E-state index < -0.39 is 6.10 Å². The Morgan fingerprint density at radius 1 is 1.05 bits per heavy atom. The Morgan fingerprint density at radius 3 is 2.19 bits per heavy atom. The van der Waals surface area contributed by atoms with Crippen LogP contribution in [0.25, 0.3) is 0 Å². The molecule has 0 aliphatic rings. The number of benzene rings is 2. The largest absolute Gasteiger partial charge is 0.371 e. The number of nitrogens with one attached hydrogen (secondary N) is 1. The van der Waals surface area contributed by atoms with Crippen molar-refractivity contribution in [1.82, 2.24) is 5.32 Å². The van der Waals surface area contributed by atoms with Crippen LogP contribution in [0.5, 0.6) is 0 Å². The summed E-state index contributed by atoms with van der Waals surface area (Å²) < 4.78 is 5.49. The van der Waals surface area contributed by atoms with Gasteiger partial charge in [-0.3, -0.25) is 4.79 Å². The third-order valence-corrected chi connectivity index (χ3v) is 3.62. The van der Waals surface area contributed by atoms with E-state index in [2.05, 4.69) is 5.32 Å². The third-order valence-electron chi connectivity index (χ3n) is 3.62. The van der Waals surface area contributed by atoms with Gasteiger partial charge in [-0.15, -0.1) is 0 Å². The minimum absolute atomic E-state index is 0.0132. The summed E-state index contributed by atoms with van der Waals surface area (Å²) in [6.07, 6.45) is -0.555. The van der Waals surface area contributed by atoms with Crippen molar-refractivity contribution in [1.29, 1.82) is 0 Å². The molecule has 2 atom stereocenters. The van der Waals surface area contributed by atoms with E-state index in [-0.39, 0.29) is 11.8 Å².